The predicted molar refractivity (Wildman–Crippen MR) is 66.3 cm³/mol. The zero-order chi connectivity index (χ0) is 13.5. The van der Waals surface area contributed by atoms with Crippen molar-refractivity contribution >= 4 is 11.7 Å². The summed E-state index contributed by atoms with van der Waals surface area (Å²) in [7, 11) is 1.37. The number of carbonyl (C=O) groups excluding carboxylic acids is 1. The molecule has 18 heavy (non-hydrogen) atoms. The Morgan fingerprint density at radius 1 is 1.56 bits per heavy atom. The minimum absolute atomic E-state index is 0.120. The monoisotopic (exact) mass is 256 g/mol. The smallest absolute Gasteiger partial charge is 0.319 e. The van der Waals surface area contributed by atoms with E-state index in [1.54, 1.807) is 6.92 Å². The molecule has 0 spiro atoms. The Morgan fingerprint density at radius 2 is 2.28 bits per heavy atom. The number of aliphatic hydroxyl groups excluding tert-OH is 1. The quantitative estimate of drug-likeness (QED) is 0.751. The highest BCUT2D eigenvalue weighted by atomic mass is 19.1. The van der Waals surface area contributed by atoms with Crippen LogP contribution in [-0.2, 0) is 0 Å². The van der Waals surface area contributed by atoms with Crippen LogP contribution in [0.3, 0.4) is 0 Å². The van der Waals surface area contributed by atoms with Gasteiger partial charge in [-0.25, -0.2) is 9.18 Å². The average molecular weight is 256 g/mol. The van der Waals surface area contributed by atoms with Crippen molar-refractivity contribution in [2.45, 2.75) is 19.4 Å². The van der Waals surface area contributed by atoms with Crippen LogP contribution >= 0.6 is 0 Å². The third-order valence-electron chi connectivity index (χ3n) is 2.26. The molecule has 1 aromatic rings. The van der Waals surface area contributed by atoms with E-state index in [9.17, 15) is 9.18 Å². The first-order valence-corrected chi connectivity index (χ1v) is 5.59. The number of hydrogen-bond donors (Lipinski definition) is 3. The van der Waals surface area contributed by atoms with Crippen molar-refractivity contribution in [1.82, 2.24) is 5.32 Å². The lowest BCUT2D eigenvalue weighted by molar-refractivity contribution is 0.184. The van der Waals surface area contributed by atoms with Crippen molar-refractivity contribution in [3.8, 4) is 5.75 Å². The largest absolute Gasteiger partial charge is 0.494 e. The number of benzene rings is 1. The molecule has 1 atom stereocenters. The molecule has 5 nitrogen and oxygen atoms in total. The lowest BCUT2D eigenvalue weighted by Gasteiger charge is -2.09. The summed E-state index contributed by atoms with van der Waals surface area (Å²) in [4.78, 5) is 11.4. The van der Waals surface area contributed by atoms with Crippen molar-refractivity contribution in [3.05, 3.63) is 24.0 Å². The Balaban J connectivity index is 2.47. The van der Waals surface area contributed by atoms with Gasteiger partial charge >= 0.3 is 6.03 Å². The highest BCUT2D eigenvalue weighted by Crippen LogP contribution is 2.20. The van der Waals surface area contributed by atoms with Gasteiger partial charge in [0.15, 0.2) is 11.6 Å². The lowest BCUT2D eigenvalue weighted by atomic mass is 10.3. The number of ether oxygens (including phenoxy) is 1. The lowest BCUT2D eigenvalue weighted by Crippen LogP contribution is -2.30. The third-order valence-corrected chi connectivity index (χ3v) is 2.26. The van der Waals surface area contributed by atoms with Gasteiger partial charge in [-0.2, -0.15) is 0 Å². The summed E-state index contributed by atoms with van der Waals surface area (Å²) in [5.41, 5.74) is 0.336. The Bertz CT molecular complexity index is 410. The number of aliphatic hydroxyl groups is 1. The zero-order valence-corrected chi connectivity index (χ0v) is 10.4. The van der Waals surface area contributed by atoms with Crippen LogP contribution < -0.4 is 15.4 Å². The topological polar surface area (TPSA) is 70.6 Å². The van der Waals surface area contributed by atoms with Gasteiger partial charge in [-0.05, 0) is 25.5 Å². The summed E-state index contributed by atoms with van der Waals surface area (Å²) in [6, 6.07) is 3.70. The van der Waals surface area contributed by atoms with Crippen molar-refractivity contribution in [2.75, 3.05) is 19.0 Å². The Kier molecular flexibility index (Phi) is 5.38. The van der Waals surface area contributed by atoms with E-state index in [4.69, 9.17) is 9.84 Å². The second-order valence-corrected chi connectivity index (χ2v) is 3.87. The summed E-state index contributed by atoms with van der Waals surface area (Å²) in [6.07, 6.45) is -0.00608. The molecule has 0 bridgehead atoms. The van der Waals surface area contributed by atoms with Crippen molar-refractivity contribution in [1.29, 1.82) is 0 Å². The van der Waals surface area contributed by atoms with E-state index in [-0.39, 0.29) is 5.75 Å². The van der Waals surface area contributed by atoms with Crippen LogP contribution in [0.15, 0.2) is 18.2 Å². The van der Waals surface area contributed by atoms with Crippen molar-refractivity contribution in [3.63, 3.8) is 0 Å². The van der Waals surface area contributed by atoms with E-state index in [1.165, 1.54) is 25.3 Å². The highest BCUT2D eigenvalue weighted by Gasteiger charge is 2.06. The van der Waals surface area contributed by atoms with Crippen LogP contribution in [0.2, 0.25) is 0 Å². The van der Waals surface area contributed by atoms with Crippen LogP contribution in [0, 0.1) is 5.82 Å². The minimum Gasteiger partial charge on any atom is -0.494 e. The van der Waals surface area contributed by atoms with Gasteiger partial charge in [-0.1, -0.05) is 0 Å². The molecule has 0 heterocycles. The Morgan fingerprint density at radius 3 is 2.83 bits per heavy atom. The number of hydrogen-bond acceptors (Lipinski definition) is 3. The fraction of sp³-hybridized carbons (Fsp3) is 0.417. The summed E-state index contributed by atoms with van der Waals surface area (Å²) < 4.78 is 18.1. The molecule has 6 heteroatoms. The number of urea groups is 1. The Labute approximate surface area is 105 Å². The molecule has 0 aliphatic heterocycles. The summed E-state index contributed by atoms with van der Waals surface area (Å²) in [5.74, 6) is -0.422. The predicted octanol–water partition coefficient (Wildman–Crippen LogP) is 1.73. The summed E-state index contributed by atoms with van der Waals surface area (Å²) in [6.45, 7) is 1.99. The van der Waals surface area contributed by atoms with E-state index in [2.05, 4.69) is 10.6 Å². The van der Waals surface area contributed by atoms with Gasteiger partial charge in [-0.15, -0.1) is 0 Å². The van der Waals surface area contributed by atoms with Crippen LogP contribution in [0.5, 0.6) is 5.75 Å². The molecular formula is C12H17FN2O3. The molecule has 0 radical (unpaired) electrons. The maximum atomic E-state index is 13.3. The first kappa shape index (κ1) is 14.2. The molecule has 100 valence electrons. The molecule has 3 N–H and O–H groups in total. The molecule has 0 aromatic heterocycles. The third kappa shape index (κ3) is 4.58. The number of anilines is 1. The molecule has 0 fully saturated rings. The molecule has 1 aromatic carbocycles. The molecule has 1 rings (SSSR count). The maximum absolute atomic E-state index is 13.3. The number of nitrogens with one attached hydrogen (secondary N) is 2. The van der Waals surface area contributed by atoms with E-state index >= 15 is 0 Å². The van der Waals surface area contributed by atoms with Gasteiger partial charge < -0.3 is 20.5 Å². The summed E-state index contributed by atoms with van der Waals surface area (Å²) >= 11 is 0. The molecule has 0 saturated carbocycles. The second kappa shape index (κ2) is 6.80. The minimum atomic E-state index is -0.542. The number of carbonyl (C=O) groups is 1. The zero-order valence-electron chi connectivity index (χ0n) is 10.4. The van der Waals surface area contributed by atoms with Gasteiger partial charge in [0.2, 0.25) is 0 Å². The molecule has 0 aliphatic carbocycles. The molecule has 0 saturated heterocycles. The van der Waals surface area contributed by atoms with Gasteiger partial charge in [-0.3, -0.25) is 0 Å². The fourth-order valence-electron chi connectivity index (χ4n) is 1.31. The van der Waals surface area contributed by atoms with Crippen LogP contribution in [0.4, 0.5) is 14.9 Å². The van der Waals surface area contributed by atoms with E-state index < -0.39 is 18.0 Å². The standard InChI is InChI=1S/C12H17FN2O3/c1-8(16)5-6-14-12(17)15-9-3-4-11(18-2)10(13)7-9/h3-4,7-8,16H,5-6H2,1-2H3,(H2,14,15,17). The first-order chi connectivity index (χ1) is 8.52. The molecule has 2 amide bonds. The van der Waals surface area contributed by atoms with E-state index in [1.807, 2.05) is 0 Å². The number of methoxy groups -OCH3 is 1. The normalized spacial score (nSPS) is 11.8. The van der Waals surface area contributed by atoms with Crippen molar-refractivity contribution < 1.29 is 19.0 Å². The average Bonchev–Trinajstić information content (AvgIpc) is 2.28. The molecule has 1 unspecified atom stereocenters. The van der Waals surface area contributed by atoms with Crippen LogP contribution in [0.25, 0.3) is 0 Å². The molecule has 0 aliphatic rings. The fourth-order valence-corrected chi connectivity index (χ4v) is 1.31. The Hall–Kier alpha value is -1.82. The highest BCUT2D eigenvalue weighted by molar-refractivity contribution is 5.89. The van der Waals surface area contributed by atoms with E-state index in [0.29, 0.717) is 18.7 Å². The van der Waals surface area contributed by atoms with Crippen LogP contribution in [0.1, 0.15) is 13.3 Å². The molecular weight excluding hydrogens is 239 g/mol. The number of rotatable bonds is 5. The van der Waals surface area contributed by atoms with Gasteiger partial charge in [0, 0.05) is 18.3 Å². The second-order valence-electron chi connectivity index (χ2n) is 3.87. The van der Waals surface area contributed by atoms with Gasteiger partial charge in [0.25, 0.3) is 0 Å². The maximum Gasteiger partial charge on any atom is 0.319 e. The van der Waals surface area contributed by atoms with Gasteiger partial charge in [0.1, 0.15) is 0 Å². The van der Waals surface area contributed by atoms with Crippen LogP contribution in [-0.4, -0.2) is 30.9 Å². The summed E-state index contributed by atoms with van der Waals surface area (Å²) in [5, 5.41) is 14.0. The number of amides is 2. The van der Waals surface area contributed by atoms with Gasteiger partial charge in [0.05, 0.1) is 13.2 Å². The van der Waals surface area contributed by atoms with E-state index in [0.717, 1.165) is 0 Å². The first-order valence-electron chi connectivity index (χ1n) is 5.59. The SMILES string of the molecule is COc1ccc(NC(=O)NCCC(C)O)cc1F. The van der Waals surface area contributed by atoms with Crippen molar-refractivity contribution in [2.24, 2.45) is 0 Å². The number of halogens is 1.